The Morgan fingerprint density at radius 1 is 1.03 bits per heavy atom. The topological polar surface area (TPSA) is 55.8 Å². The number of benzene rings is 3. The Labute approximate surface area is 183 Å². The van der Waals surface area contributed by atoms with Crippen LogP contribution in [-0.2, 0) is 6.61 Å². The summed E-state index contributed by atoms with van der Waals surface area (Å²) in [4.78, 5) is 27.1. The van der Waals surface area contributed by atoms with Crippen molar-refractivity contribution in [1.29, 1.82) is 0 Å². The van der Waals surface area contributed by atoms with Crippen LogP contribution in [-0.4, -0.2) is 25.8 Å². The maximum atomic E-state index is 13.2. The molecule has 0 unspecified atom stereocenters. The van der Waals surface area contributed by atoms with E-state index in [-0.39, 0.29) is 6.61 Å². The van der Waals surface area contributed by atoms with Crippen LogP contribution < -0.4 is 14.4 Å². The summed E-state index contributed by atoms with van der Waals surface area (Å²) in [6.45, 7) is 4.91. The summed E-state index contributed by atoms with van der Waals surface area (Å²) in [5.41, 5.74) is 3.13. The van der Waals surface area contributed by atoms with E-state index in [0.29, 0.717) is 33.9 Å². The van der Waals surface area contributed by atoms with Gasteiger partial charge in [-0.1, -0.05) is 55.5 Å². The number of rotatable bonds is 9. The van der Waals surface area contributed by atoms with Gasteiger partial charge < -0.3 is 14.4 Å². The van der Waals surface area contributed by atoms with Crippen LogP contribution in [0.5, 0.6) is 11.5 Å². The van der Waals surface area contributed by atoms with Crippen LogP contribution in [0.1, 0.15) is 45.2 Å². The van der Waals surface area contributed by atoms with Crippen molar-refractivity contribution in [3.63, 3.8) is 0 Å². The molecule has 0 aromatic heterocycles. The molecule has 0 N–H and O–H groups in total. The van der Waals surface area contributed by atoms with Crippen molar-refractivity contribution in [3.05, 3.63) is 89.0 Å². The largest absolute Gasteiger partial charge is 0.488 e. The summed E-state index contributed by atoms with van der Waals surface area (Å²) in [5.74, 6) is 0.261. The van der Waals surface area contributed by atoms with Crippen molar-refractivity contribution in [3.8, 4) is 11.5 Å². The molecule has 0 fully saturated rings. The molecule has 0 bridgehead atoms. The quantitative estimate of drug-likeness (QED) is 0.263. The highest BCUT2D eigenvalue weighted by Crippen LogP contribution is 2.35. The second-order valence-corrected chi connectivity index (χ2v) is 7.33. The smallest absolute Gasteiger partial charge is 0.347 e. The zero-order valence-corrected chi connectivity index (χ0v) is 18.1. The van der Waals surface area contributed by atoms with Crippen LogP contribution in [0, 0.1) is 6.92 Å². The highest BCUT2D eigenvalue weighted by atomic mass is 16.5. The molecule has 0 aliphatic heterocycles. The van der Waals surface area contributed by atoms with Gasteiger partial charge in [0.1, 0.15) is 23.7 Å². The lowest BCUT2D eigenvalue weighted by molar-refractivity contribution is 0.0728. The van der Waals surface area contributed by atoms with Gasteiger partial charge in [-0.05, 0) is 42.7 Å². The van der Waals surface area contributed by atoms with Gasteiger partial charge in [0, 0.05) is 19.2 Å². The summed E-state index contributed by atoms with van der Waals surface area (Å²) < 4.78 is 11.6. The third-order valence-corrected chi connectivity index (χ3v) is 5.00. The number of carbonyl (C=O) groups excluding carboxylic acids is 2. The number of para-hydroxylation sites is 1. The zero-order valence-electron chi connectivity index (χ0n) is 18.1. The normalized spacial score (nSPS) is 10.4. The lowest BCUT2D eigenvalue weighted by Gasteiger charge is -2.25. The number of aldehydes is 1. The second-order valence-electron chi connectivity index (χ2n) is 7.33. The fourth-order valence-corrected chi connectivity index (χ4v) is 3.59. The molecular weight excluding hydrogens is 390 g/mol. The molecule has 0 aliphatic rings. The Bertz CT molecular complexity index is 1030. The number of carbonyl (C=O) groups is 2. The summed E-state index contributed by atoms with van der Waals surface area (Å²) in [7, 11) is 1.91. The van der Waals surface area contributed by atoms with Crippen molar-refractivity contribution in [2.45, 2.75) is 26.9 Å². The van der Waals surface area contributed by atoms with Gasteiger partial charge in [0.2, 0.25) is 0 Å². The average molecular weight is 418 g/mol. The van der Waals surface area contributed by atoms with E-state index in [0.717, 1.165) is 24.8 Å². The molecule has 0 heterocycles. The molecule has 3 aromatic carbocycles. The number of esters is 1. The number of hydrogen-bond acceptors (Lipinski definition) is 5. The maximum absolute atomic E-state index is 13.2. The van der Waals surface area contributed by atoms with Gasteiger partial charge in [0.05, 0.1) is 5.69 Å². The van der Waals surface area contributed by atoms with Crippen molar-refractivity contribution < 1.29 is 19.1 Å². The first-order valence-electron chi connectivity index (χ1n) is 10.3. The summed E-state index contributed by atoms with van der Waals surface area (Å²) in [5, 5.41) is 0. The van der Waals surface area contributed by atoms with Crippen molar-refractivity contribution >= 4 is 17.9 Å². The van der Waals surface area contributed by atoms with Gasteiger partial charge in [-0.3, -0.25) is 4.79 Å². The molecular formula is C26H27NO4. The molecule has 0 atom stereocenters. The minimum atomic E-state index is -0.518. The summed E-state index contributed by atoms with van der Waals surface area (Å²) >= 11 is 0. The number of nitrogens with zero attached hydrogens (tertiary/aromatic N) is 1. The predicted octanol–water partition coefficient (Wildman–Crippen LogP) is 5.45. The van der Waals surface area contributed by atoms with Gasteiger partial charge in [-0.25, -0.2) is 4.79 Å². The highest BCUT2D eigenvalue weighted by Gasteiger charge is 2.25. The Morgan fingerprint density at radius 3 is 2.29 bits per heavy atom. The zero-order chi connectivity index (χ0) is 22.2. The van der Waals surface area contributed by atoms with E-state index < -0.39 is 5.97 Å². The Kier molecular flexibility index (Phi) is 7.44. The molecule has 3 rings (SSSR count). The van der Waals surface area contributed by atoms with E-state index in [9.17, 15) is 9.59 Å². The molecule has 160 valence electrons. The molecule has 0 radical (unpaired) electrons. The highest BCUT2D eigenvalue weighted by molar-refractivity contribution is 6.00. The molecule has 0 aliphatic carbocycles. The minimum Gasteiger partial charge on any atom is -0.488 e. The Morgan fingerprint density at radius 2 is 1.68 bits per heavy atom. The molecule has 0 spiro atoms. The fourth-order valence-electron chi connectivity index (χ4n) is 3.59. The van der Waals surface area contributed by atoms with E-state index in [4.69, 9.17) is 9.47 Å². The molecule has 0 amide bonds. The summed E-state index contributed by atoms with van der Waals surface area (Å²) in [6, 6.07) is 20.2. The molecule has 3 aromatic rings. The lowest BCUT2D eigenvalue weighted by atomic mass is 9.99. The van der Waals surface area contributed by atoms with Gasteiger partial charge in [0.25, 0.3) is 0 Å². The van der Waals surface area contributed by atoms with Gasteiger partial charge in [-0.2, -0.15) is 0 Å². The first kappa shape index (κ1) is 22.1. The minimum absolute atomic E-state index is 0.272. The van der Waals surface area contributed by atoms with E-state index in [1.807, 2.05) is 55.3 Å². The predicted molar refractivity (Wildman–Crippen MR) is 122 cm³/mol. The number of ether oxygens (including phenoxy) is 2. The molecule has 0 saturated heterocycles. The van der Waals surface area contributed by atoms with Crippen molar-refractivity contribution in [2.24, 2.45) is 0 Å². The molecule has 5 nitrogen and oxygen atoms in total. The second kappa shape index (κ2) is 10.4. The lowest BCUT2D eigenvalue weighted by Crippen LogP contribution is -2.23. The standard InChI is InChI=1S/C26H27NO4/c1-4-15-27(3)25-19(2)24(26(29)31-22-13-9-6-10-14-22)23(16-21(25)17-28)30-18-20-11-7-5-8-12-20/h5-14,16-17H,4,15,18H2,1-3H3. The SMILES string of the molecule is CCCN(C)c1c(C=O)cc(OCc2ccccc2)c(C(=O)Oc2ccccc2)c1C. The molecule has 5 heteroatoms. The first-order valence-corrected chi connectivity index (χ1v) is 10.3. The van der Waals surface area contributed by atoms with E-state index in [2.05, 4.69) is 6.92 Å². The number of hydrogen-bond donors (Lipinski definition) is 0. The van der Waals surface area contributed by atoms with E-state index in [1.165, 1.54) is 0 Å². The van der Waals surface area contributed by atoms with Gasteiger partial charge in [0.15, 0.2) is 6.29 Å². The van der Waals surface area contributed by atoms with Crippen LogP contribution in [0.25, 0.3) is 0 Å². The van der Waals surface area contributed by atoms with Crippen molar-refractivity contribution in [2.75, 3.05) is 18.5 Å². The van der Waals surface area contributed by atoms with E-state index >= 15 is 0 Å². The average Bonchev–Trinajstić information content (AvgIpc) is 2.78. The molecule has 0 saturated carbocycles. The maximum Gasteiger partial charge on any atom is 0.347 e. The fraction of sp³-hybridized carbons (Fsp3) is 0.231. The van der Waals surface area contributed by atoms with Gasteiger partial charge >= 0.3 is 5.97 Å². The number of anilines is 1. The van der Waals surface area contributed by atoms with Crippen LogP contribution in [0.15, 0.2) is 66.7 Å². The first-order chi connectivity index (χ1) is 15.0. The third-order valence-electron chi connectivity index (χ3n) is 5.00. The van der Waals surface area contributed by atoms with Crippen LogP contribution in [0.4, 0.5) is 5.69 Å². The van der Waals surface area contributed by atoms with Crippen molar-refractivity contribution in [1.82, 2.24) is 0 Å². The Hall–Kier alpha value is -3.60. The molecule has 31 heavy (non-hydrogen) atoms. The Balaban J connectivity index is 2.05. The van der Waals surface area contributed by atoms with E-state index in [1.54, 1.807) is 30.3 Å². The monoisotopic (exact) mass is 417 g/mol. The third kappa shape index (κ3) is 5.31. The van der Waals surface area contributed by atoms with Gasteiger partial charge in [-0.15, -0.1) is 0 Å². The van der Waals surface area contributed by atoms with Crippen LogP contribution >= 0.6 is 0 Å². The van der Waals surface area contributed by atoms with Crippen LogP contribution in [0.2, 0.25) is 0 Å². The van der Waals surface area contributed by atoms with Crippen LogP contribution in [0.3, 0.4) is 0 Å². The summed E-state index contributed by atoms with van der Waals surface area (Å²) in [6.07, 6.45) is 1.71.